The molecule has 0 bridgehead atoms. The van der Waals surface area contributed by atoms with E-state index < -0.39 is 5.97 Å². The molecule has 0 fully saturated rings. The van der Waals surface area contributed by atoms with E-state index >= 15 is 0 Å². The Balaban J connectivity index is 0. The summed E-state index contributed by atoms with van der Waals surface area (Å²) in [5.74, 6) is -1.28. The number of aliphatic carboxylic acids is 1. The van der Waals surface area contributed by atoms with Crippen LogP contribution in [0.5, 0.6) is 0 Å². The van der Waals surface area contributed by atoms with Crippen molar-refractivity contribution in [3.05, 3.63) is 24.5 Å². The Morgan fingerprint density at radius 2 is 1.94 bits per heavy atom. The van der Waals surface area contributed by atoms with Crippen molar-refractivity contribution in [2.45, 2.75) is 26.7 Å². The summed E-state index contributed by atoms with van der Waals surface area (Å²) in [6.07, 6.45) is 4.50. The Morgan fingerprint density at radius 1 is 1.41 bits per heavy atom. The number of hydrogen-bond acceptors (Lipinski definition) is 4. The Morgan fingerprint density at radius 3 is 2.29 bits per heavy atom. The van der Waals surface area contributed by atoms with Crippen LogP contribution in [-0.4, -0.2) is 30.8 Å². The molecule has 5 nitrogen and oxygen atoms in total. The number of rotatable bonds is 6. The highest BCUT2D eigenvalue weighted by atomic mass is 16.5. The SMILES string of the molecule is C=C(C)C(=O)O.CCCCOC(=O)C=COC. The first-order valence-corrected chi connectivity index (χ1v) is 5.20. The van der Waals surface area contributed by atoms with Crippen LogP contribution in [0.3, 0.4) is 0 Å². The lowest BCUT2D eigenvalue weighted by Crippen LogP contribution is -2.01. The smallest absolute Gasteiger partial charge is 0.333 e. The third-order valence-electron chi connectivity index (χ3n) is 1.45. The van der Waals surface area contributed by atoms with Crippen molar-refractivity contribution in [2.75, 3.05) is 13.7 Å². The Kier molecular flexibility index (Phi) is 12.7. The number of methoxy groups -OCH3 is 1. The molecule has 0 spiro atoms. The first-order valence-electron chi connectivity index (χ1n) is 5.20. The normalized spacial score (nSPS) is 9.12. The fourth-order valence-corrected chi connectivity index (χ4v) is 0.489. The van der Waals surface area contributed by atoms with Gasteiger partial charge in [0.15, 0.2) is 0 Å². The fourth-order valence-electron chi connectivity index (χ4n) is 0.489. The van der Waals surface area contributed by atoms with Crippen LogP contribution in [0, 0.1) is 0 Å². The van der Waals surface area contributed by atoms with E-state index in [4.69, 9.17) is 9.84 Å². The molecule has 0 aromatic rings. The average molecular weight is 244 g/mol. The first kappa shape index (κ1) is 17.6. The molecule has 0 amide bonds. The van der Waals surface area contributed by atoms with Gasteiger partial charge in [0.05, 0.1) is 26.1 Å². The standard InChI is InChI=1S/C8H14O3.C4H6O2/c1-3-4-6-11-8(9)5-7-10-2;1-3(2)4(5)6/h5,7H,3-4,6H2,1-2H3;1H2,2H3,(H,5,6). The van der Waals surface area contributed by atoms with Gasteiger partial charge in [-0.15, -0.1) is 0 Å². The van der Waals surface area contributed by atoms with Gasteiger partial charge in [-0.05, 0) is 13.3 Å². The fraction of sp³-hybridized carbons (Fsp3) is 0.500. The highest BCUT2D eigenvalue weighted by molar-refractivity contribution is 5.84. The van der Waals surface area contributed by atoms with Crippen molar-refractivity contribution >= 4 is 11.9 Å². The minimum absolute atomic E-state index is 0.176. The van der Waals surface area contributed by atoms with Gasteiger partial charge in [-0.2, -0.15) is 0 Å². The van der Waals surface area contributed by atoms with Gasteiger partial charge in [0.2, 0.25) is 0 Å². The van der Waals surface area contributed by atoms with E-state index in [1.807, 2.05) is 6.92 Å². The molecule has 0 aromatic heterocycles. The van der Waals surface area contributed by atoms with Crippen molar-refractivity contribution in [2.24, 2.45) is 0 Å². The zero-order chi connectivity index (χ0) is 13.7. The maximum atomic E-state index is 10.7. The number of carbonyl (C=O) groups is 2. The topological polar surface area (TPSA) is 72.8 Å². The second kappa shape index (κ2) is 12.3. The highest BCUT2D eigenvalue weighted by Gasteiger charge is 1.94. The van der Waals surface area contributed by atoms with E-state index in [-0.39, 0.29) is 11.5 Å². The minimum Gasteiger partial charge on any atom is -0.504 e. The van der Waals surface area contributed by atoms with Gasteiger partial charge in [-0.3, -0.25) is 0 Å². The number of unbranched alkanes of at least 4 members (excludes halogenated alkanes) is 1. The van der Waals surface area contributed by atoms with Gasteiger partial charge in [0, 0.05) is 5.57 Å². The second-order valence-corrected chi connectivity index (χ2v) is 3.14. The molecule has 0 saturated carbocycles. The van der Waals surface area contributed by atoms with E-state index in [2.05, 4.69) is 11.3 Å². The molecule has 0 aliphatic rings. The van der Waals surface area contributed by atoms with Crippen molar-refractivity contribution in [1.29, 1.82) is 0 Å². The van der Waals surface area contributed by atoms with Gasteiger partial charge in [-0.25, -0.2) is 9.59 Å². The summed E-state index contributed by atoms with van der Waals surface area (Å²) in [5, 5.41) is 7.89. The molecule has 0 rings (SSSR count). The summed E-state index contributed by atoms with van der Waals surface area (Å²) in [6, 6.07) is 0. The third-order valence-corrected chi connectivity index (χ3v) is 1.45. The highest BCUT2D eigenvalue weighted by Crippen LogP contribution is 1.89. The molecule has 0 atom stereocenters. The van der Waals surface area contributed by atoms with E-state index in [0.717, 1.165) is 12.8 Å². The predicted molar refractivity (Wildman–Crippen MR) is 64.5 cm³/mol. The molecule has 98 valence electrons. The molecule has 17 heavy (non-hydrogen) atoms. The summed E-state index contributed by atoms with van der Waals surface area (Å²) in [6.45, 7) is 7.13. The molecule has 0 heterocycles. The Labute approximate surface area is 102 Å². The monoisotopic (exact) mass is 244 g/mol. The molecule has 5 heteroatoms. The van der Waals surface area contributed by atoms with Crippen molar-refractivity contribution in [3.8, 4) is 0 Å². The molecular formula is C12H20O5. The molecule has 0 unspecified atom stereocenters. The minimum atomic E-state index is -0.935. The number of esters is 1. The van der Waals surface area contributed by atoms with Crippen molar-refractivity contribution < 1.29 is 24.2 Å². The van der Waals surface area contributed by atoms with Gasteiger partial charge < -0.3 is 14.6 Å². The second-order valence-electron chi connectivity index (χ2n) is 3.14. The van der Waals surface area contributed by atoms with Gasteiger partial charge >= 0.3 is 11.9 Å². The third kappa shape index (κ3) is 16.9. The van der Waals surface area contributed by atoms with E-state index in [0.29, 0.717) is 6.61 Å². The van der Waals surface area contributed by atoms with Gasteiger partial charge in [0.1, 0.15) is 0 Å². The van der Waals surface area contributed by atoms with Crippen LogP contribution in [0.25, 0.3) is 0 Å². The lowest BCUT2D eigenvalue weighted by Gasteiger charge is -1.98. The molecule has 0 aliphatic carbocycles. The summed E-state index contributed by atoms with van der Waals surface area (Å²) < 4.78 is 9.32. The number of hydrogen-bond donors (Lipinski definition) is 1. The quantitative estimate of drug-likeness (QED) is 0.335. The number of carboxylic acid groups (broad SMARTS) is 1. The summed E-state index contributed by atoms with van der Waals surface area (Å²) in [7, 11) is 1.48. The summed E-state index contributed by atoms with van der Waals surface area (Å²) >= 11 is 0. The summed E-state index contributed by atoms with van der Waals surface area (Å²) in [5.41, 5.74) is 0.176. The molecule has 0 radical (unpaired) electrons. The van der Waals surface area contributed by atoms with Crippen molar-refractivity contribution in [3.63, 3.8) is 0 Å². The van der Waals surface area contributed by atoms with E-state index in [1.165, 1.54) is 26.4 Å². The first-order chi connectivity index (χ1) is 7.95. The van der Waals surface area contributed by atoms with Crippen LogP contribution in [0.15, 0.2) is 24.5 Å². The van der Waals surface area contributed by atoms with Crippen LogP contribution in [0.2, 0.25) is 0 Å². The van der Waals surface area contributed by atoms with Crippen molar-refractivity contribution in [1.82, 2.24) is 0 Å². The summed E-state index contributed by atoms with van der Waals surface area (Å²) in [4.78, 5) is 20.3. The van der Waals surface area contributed by atoms with Crippen LogP contribution in [0.1, 0.15) is 26.7 Å². The Bertz CT molecular complexity index is 256. The molecule has 1 N–H and O–H groups in total. The van der Waals surface area contributed by atoms with E-state index in [1.54, 1.807) is 0 Å². The molecule has 0 saturated heterocycles. The molecule has 0 aliphatic heterocycles. The lowest BCUT2D eigenvalue weighted by atomic mass is 10.4. The number of carboxylic acids is 1. The van der Waals surface area contributed by atoms with Gasteiger partial charge in [-0.1, -0.05) is 19.9 Å². The van der Waals surface area contributed by atoms with Crippen LogP contribution < -0.4 is 0 Å². The van der Waals surface area contributed by atoms with Crippen LogP contribution >= 0.6 is 0 Å². The average Bonchev–Trinajstić information content (AvgIpc) is 2.27. The predicted octanol–water partition coefficient (Wildman–Crippen LogP) is 2.14. The van der Waals surface area contributed by atoms with Crippen LogP contribution in [-0.2, 0) is 19.1 Å². The molecular weight excluding hydrogens is 224 g/mol. The number of carbonyl (C=O) groups excluding carboxylic acids is 1. The maximum Gasteiger partial charge on any atom is 0.333 e. The number of ether oxygens (including phenoxy) is 2. The zero-order valence-corrected chi connectivity index (χ0v) is 10.6. The van der Waals surface area contributed by atoms with E-state index in [9.17, 15) is 9.59 Å². The Hall–Kier alpha value is -1.78. The molecule has 0 aromatic carbocycles. The van der Waals surface area contributed by atoms with Gasteiger partial charge in [0.25, 0.3) is 0 Å². The van der Waals surface area contributed by atoms with Crippen LogP contribution in [0.4, 0.5) is 0 Å². The largest absolute Gasteiger partial charge is 0.504 e. The zero-order valence-electron chi connectivity index (χ0n) is 10.6. The lowest BCUT2D eigenvalue weighted by molar-refractivity contribution is -0.138. The maximum absolute atomic E-state index is 10.7.